The van der Waals surface area contributed by atoms with Crippen molar-refractivity contribution >= 4 is 45.6 Å². The summed E-state index contributed by atoms with van der Waals surface area (Å²) in [5, 5.41) is 5.22. The Bertz CT molecular complexity index is 379. The molecule has 96 valence electrons. The van der Waals surface area contributed by atoms with Gasteiger partial charge in [-0.3, -0.25) is 4.79 Å². The zero-order valence-corrected chi connectivity index (χ0v) is 12.8. The largest absolute Gasteiger partial charge is 0.339 e. The van der Waals surface area contributed by atoms with Crippen LogP contribution in [0, 0.1) is 0 Å². The zero-order valence-electron chi connectivity index (χ0n) is 9.61. The number of amides is 1. The van der Waals surface area contributed by atoms with Crippen molar-refractivity contribution in [2.75, 3.05) is 20.1 Å². The molecule has 6 heteroatoms. The Hall–Kier alpha value is -0.100. The molecule has 0 saturated carbocycles. The molecule has 1 amide bonds. The van der Waals surface area contributed by atoms with Crippen LogP contribution in [-0.2, 0) is 0 Å². The molecule has 0 aromatic carbocycles. The van der Waals surface area contributed by atoms with Gasteiger partial charge in [-0.1, -0.05) is 0 Å². The third kappa shape index (κ3) is 3.68. The summed E-state index contributed by atoms with van der Waals surface area (Å²) in [6.45, 7) is 2.02. The number of carbonyl (C=O) groups is 1. The standard InChI is InChI=1S/C11H15BrN2OS.ClH/c1-14(9-2-4-13-5-3-9)11(15)8-6-10(12)16-7-8;/h6-7,9,13H,2-5H2,1H3;1H. The van der Waals surface area contributed by atoms with Crippen molar-refractivity contribution in [3.63, 3.8) is 0 Å². The van der Waals surface area contributed by atoms with E-state index in [1.165, 1.54) is 0 Å². The molecule has 0 bridgehead atoms. The van der Waals surface area contributed by atoms with Gasteiger partial charge in [0.15, 0.2) is 0 Å². The van der Waals surface area contributed by atoms with E-state index in [1.807, 2.05) is 23.4 Å². The van der Waals surface area contributed by atoms with Gasteiger partial charge < -0.3 is 10.2 Å². The van der Waals surface area contributed by atoms with Gasteiger partial charge in [0, 0.05) is 18.5 Å². The van der Waals surface area contributed by atoms with Crippen LogP contribution in [0.25, 0.3) is 0 Å². The number of rotatable bonds is 2. The normalized spacial score (nSPS) is 16.4. The zero-order chi connectivity index (χ0) is 11.5. The molecule has 0 radical (unpaired) electrons. The predicted molar refractivity (Wildman–Crippen MR) is 77.3 cm³/mol. The van der Waals surface area contributed by atoms with Crippen LogP contribution in [0.15, 0.2) is 15.2 Å². The fraction of sp³-hybridized carbons (Fsp3) is 0.545. The minimum absolute atomic E-state index is 0. The summed E-state index contributed by atoms with van der Waals surface area (Å²) in [7, 11) is 1.91. The first kappa shape index (κ1) is 15.0. The lowest BCUT2D eigenvalue weighted by Gasteiger charge is -2.31. The van der Waals surface area contributed by atoms with Crippen LogP contribution < -0.4 is 5.32 Å². The van der Waals surface area contributed by atoms with E-state index in [0.29, 0.717) is 6.04 Å². The monoisotopic (exact) mass is 338 g/mol. The number of hydrogen-bond donors (Lipinski definition) is 1. The molecule has 3 nitrogen and oxygen atoms in total. The highest BCUT2D eigenvalue weighted by Crippen LogP contribution is 2.22. The second-order valence-electron chi connectivity index (χ2n) is 4.04. The van der Waals surface area contributed by atoms with Crippen molar-refractivity contribution < 1.29 is 4.79 Å². The van der Waals surface area contributed by atoms with E-state index in [9.17, 15) is 4.79 Å². The van der Waals surface area contributed by atoms with Gasteiger partial charge in [0.1, 0.15) is 0 Å². The average molecular weight is 340 g/mol. The predicted octanol–water partition coefficient (Wildman–Crippen LogP) is 2.76. The molecule has 1 aromatic heterocycles. The molecule has 1 N–H and O–H groups in total. The third-order valence-electron chi connectivity index (χ3n) is 2.99. The third-order valence-corrected chi connectivity index (χ3v) is 4.50. The van der Waals surface area contributed by atoms with Gasteiger partial charge >= 0.3 is 0 Å². The highest BCUT2D eigenvalue weighted by molar-refractivity contribution is 9.11. The van der Waals surface area contributed by atoms with E-state index in [0.717, 1.165) is 35.3 Å². The van der Waals surface area contributed by atoms with Gasteiger partial charge in [0.25, 0.3) is 5.91 Å². The minimum atomic E-state index is 0. The number of hydrogen-bond acceptors (Lipinski definition) is 3. The van der Waals surface area contributed by atoms with E-state index in [2.05, 4.69) is 21.2 Å². The van der Waals surface area contributed by atoms with Gasteiger partial charge in [-0.2, -0.15) is 0 Å². The maximum Gasteiger partial charge on any atom is 0.254 e. The highest BCUT2D eigenvalue weighted by atomic mass is 79.9. The van der Waals surface area contributed by atoms with Crippen LogP contribution >= 0.6 is 39.7 Å². The average Bonchev–Trinajstić information content (AvgIpc) is 2.75. The van der Waals surface area contributed by atoms with E-state index in [4.69, 9.17) is 0 Å². The molecular weight excluding hydrogens is 324 g/mol. The number of thiophene rings is 1. The summed E-state index contributed by atoms with van der Waals surface area (Å²) >= 11 is 4.94. The van der Waals surface area contributed by atoms with Crippen molar-refractivity contribution in [3.05, 3.63) is 20.8 Å². The molecule has 17 heavy (non-hydrogen) atoms. The molecule has 0 unspecified atom stereocenters. The van der Waals surface area contributed by atoms with Crippen LogP contribution in [0.3, 0.4) is 0 Å². The maximum atomic E-state index is 12.1. The lowest BCUT2D eigenvalue weighted by molar-refractivity contribution is 0.0704. The van der Waals surface area contributed by atoms with E-state index >= 15 is 0 Å². The van der Waals surface area contributed by atoms with Crippen LogP contribution in [0.2, 0.25) is 0 Å². The lowest BCUT2D eigenvalue weighted by Crippen LogP contribution is -2.43. The second-order valence-corrected chi connectivity index (χ2v) is 6.33. The van der Waals surface area contributed by atoms with Crippen molar-refractivity contribution in [2.24, 2.45) is 0 Å². The Kier molecular flexibility index (Phi) is 5.92. The number of nitrogens with zero attached hydrogens (tertiary/aromatic N) is 1. The quantitative estimate of drug-likeness (QED) is 0.898. The van der Waals surface area contributed by atoms with Gasteiger partial charge in [0.05, 0.1) is 9.35 Å². The number of carbonyl (C=O) groups excluding carboxylic acids is 1. The number of nitrogens with one attached hydrogen (secondary N) is 1. The summed E-state index contributed by atoms with van der Waals surface area (Å²) in [6, 6.07) is 2.28. The molecule has 0 atom stereocenters. The summed E-state index contributed by atoms with van der Waals surface area (Å²) in [5.74, 6) is 0.133. The first-order chi connectivity index (χ1) is 7.68. The van der Waals surface area contributed by atoms with Crippen molar-refractivity contribution in [3.8, 4) is 0 Å². The number of halogens is 2. The Morgan fingerprint density at radius 2 is 2.18 bits per heavy atom. The Morgan fingerprint density at radius 3 is 2.71 bits per heavy atom. The molecule has 1 aliphatic heterocycles. The fourth-order valence-corrected chi connectivity index (χ4v) is 3.12. The summed E-state index contributed by atoms with van der Waals surface area (Å²) in [4.78, 5) is 14.0. The number of piperidine rings is 1. The molecule has 0 aliphatic carbocycles. The SMILES string of the molecule is CN(C(=O)c1csc(Br)c1)C1CCNCC1.Cl. The van der Waals surface area contributed by atoms with Crippen molar-refractivity contribution in [1.29, 1.82) is 0 Å². The topological polar surface area (TPSA) is 32.3 Å². The summed E-state index contributed by atoms with van der Waals surface area (Å²) in [6.07, 6.45) is 2.10. The maximum absolute atomic E-state index is 12.1. The van der Waals surface area contributed by atoms with Crippen LogP contribution in [0.4, 0.5) is 0 Å². The van der Waals surface area contributed by atoms with E-state index < -0.39 is 0 Å². The van der Waals surface area contributed by atoms with Gasteiger partial charge in [-0.15, -0.1) is 23.7 Å². The molecule has 1 saturated heterocycles. The van der Waals surface area contributed by atoms with Crippen molar-refractivity contribution in [1.82, 2.24) is 10.2 Å². The first-order valence-electron chi connectivity index (χ1n) is 5.40. The smallest absolute Gasteiger partial charge is 0.254 e. The highest BCUT2D eigenvalue weighted by Gasteiger charge is 2.23. The molecule has 1 aliphatic rings. The van der Waals surface area contributed by atoms with E-state index in [1.54, 1.807) is 11.3 Å². The van der Waals surface area contributed by atoms with Crippen LogP contribution in [-0.4, -0.2) is 37.0 Å². The van der Waals surface area contributed by atoms with Gasteiger partial charge in [-0.05, 0) is 47.9 Å². The molecule has 2 heterocycles. The Balaban J connectivity index is 0.00000144. The first-order valence-corrected chi connectivity index (χ1v) is 7.07. The van der Waals surface area contributed by atoms with Crippen LogP contribution in [0.5, 0.6) is 0 Å². The second kappa shape index (κ2) is 6.73. The molecular formula is C11H16BrClN2OS. The van der Waals surface area contributed by atoms with E-state index in [-0.39, 0.29) is 18.3 Å². The van der Waals surface area contributed by atoms with Gasteiger partial charge in [-0.25, -0.2) is 0 Å². The summed E-state index contributed by atoms with van der Waals surface area (Å²) < 4.78 is 1.01. The van der Waals surface area contributed by atoms with Crippen LogP contribution in [0.1, 0.15) is 23.2 Å². The lowest BCUT2D eigenvalue weighted by atomic mass is 10.0. The Labute approximate surface area is 120 Å². The fourth-order valence-electron chi connectivity index (χ4n) is 1.99. The van der Waals surface area contributed by atoms with Crippen molar-refractivity contribution in [2.45, 2.75) is 18.9 Å². The molecule has 0 spiro atoms. The Morgan fingerprint density at radius 1 is 1.53 bits per heavy atom. The molecule has 2 rings (SSSR count). The summed E-state index contributed by atoms with van der Waals surface area (Å²) in [5.41, 5.74) is 0.790. The molecule has 1 fully saturated rings. The van der Waals surface area contributed by atoms with Gasteiger partial charge in [0.2, 0.25) is 0 Å². The molecule has 1 aromatic rings. The minimum Gasteiger partial charge on any atom is -0.339 e.